The van der Waals surface area contributed by atoms with E-state index in [9.17, 15) is 4.79 Å². The average Bonchev–Trinajstić information content (AvgIpc) is 2.79. The molecule has 0 spiro atoms. The molecule has 0 radical (unpaired) electrons. The number of aromatic nitrogens is 2. The molecule has 2 N–H and O–H groups in total. The molecule has 0 atom stereocenters. The highest BCUT2D eigenvalue weighted by molar-refractivity contribution is 5.86. The van der Waals surface area contributed by atoms with Gasteiger partial charge in [0.2, 0.25) is 0 Å². The van der Waals surface area contributed by atoms with Gasteiger partial charge >= 0.3 is 5.97 Å². The molecule has 1 heterocycles. The monoisotopic (exact) mass is 244 g/mol. The fraction of sp³-hybridized carbons (Fsp3) is 0.286. The summed E-state index contributed by atoms with van der Waals surface area (Å²) in [6.45, 7) is 4.13. The molecule has 0 unspecified atom stereocenters. The molecule has 18 heavy (non-hydrogen) atoms. The number of carbonyl (C=O) groups is 1. The van der Waals surface area contributed by atoms with Crippen molar-refractivity contribution in [1.29, 1.82) is 0 Å². The third-order valence-electron chi connectivity index (χ3n) is 3.07. The lowest BCUT2D eigenvalue weighted by Crippen LogP contribution is -2.04. The van der Waals surface area contributed by atoms with E-state index in [1.165, 1.54) is 23.0 Å². The van der Waals surface area contributed by atoms with E-state index in [0.29, 0.717) is 12.1 Å². The Hall–Kier alpha value is -2.10. The SMILES string of the molecule is Cc1ccc(C)c(CCc2[nH]cnc2C(=O)O)c1. The van der Waals surface area contributed by atoms with Gasteiger partial charge in [-0.25, -0.2) is 9.78 Å². The molecule has 2 aromatic rings. The minimum Gasteiger partial charge on any atom is -0.476 e. The molecule has 0 aliphatic carbocycles. The van der Waals surface area contributed by atoms with Crippen LogP contribution in [0.25, 0.3) is 0 Å². The van der Waals surface area contributed by atoms with Crippen molar-refractivity contribution < 1.29 is 9.90 Å². The molecule has 0 saturated heterocycles. The number of aromatic amines is 1. The average molecular weight is 244 g/mol. The number of nitrogens with one attached hydrogen (secondary N) is 1. The lowest BCUT2D eigenvalue weighted by Gasteiger charge is -2.06. The van der Waals surface area contributed by atoms with E-state index in [-0.39, 0.29) is 5.69 Å². The molecule has 0 fully saturated rings. The number of hydrogen-bond acceptors (Lipinski definition) is 2. The maximum atomic E-state index is 10.9. The van der Waals surface area contributed by atoms with Crippen molar-refractivity contribution in [2.24, 2.45) is 0 Å². The minimum absolute atomic E-state index is 0.125. The van der Waals surface area contributed by atoms with E-state index < -0.39 is 5.97 Å². The van der Waals surface area contributed by atoms with Gasteiger partial charge in [-0.2, -0.15) is 0 Å². The number of aryl methyl sites for hydroxylation is 4. The van der Waals surface area contributed by atoms with Crippen LogP contribution in [0.4, 0.5) is 0 Å². The van der Waals surface area contributed by atoms with Crippen molar-refractivity contribution in [3.63, 3.8) is 0 Å². The zero-order valence-corrected chi connectivity index (χ0v) is 10.5. The molecule has 0 bridgehead atoms. The quantitative estimate of drug-likeness (QED) is 0.868. The highest BCUT2D eigenvalue weighted by Gasteiger charge is 2.12. The lowest BCUT2D eigenvalue weighted by molar-refractivity contribution is 0.0690. The molecule has 1 aromatic heterocycles. The van der Waals surface area contributed by atoms with Crippen LogP contribution >= 0.6 is 0 Å². The second-order valence-corrected chi connectivity index (χ2v) is 4.46. The summed E-state index contributed by atoms with van der Waals surface area (Å²) in [5, 5.41) is 8.97. The van der Waals surface area contributed by atoms with Crippen molar-refractivity contribution in [2.75, 3.05) is 0 Å². The molecule has 0 amide bonds. The number of carboxylic acids is 1. The molecular weight excluding hydrogens is 228 g/mol. The van der Waals surface area contributed by atoms with Crippen LogP contribution < -0.4 is 0 Å². The number of H-pyrrole nitrogens is 1. The highest BCUT2D eigenvalue weighted by Crippen LogP contribution is 2.14. The first-order valence-electron chi connectivity index (χ1n) is 5.89. The largest absolute Gasteiger partial charge is 0.476 e. The van der Waals surface area contributed by atoms with Crippen molar-refractivity contribution in [1.82, 2.24) is 9.97 Å². The summed E-state index contributed by atoms with van der Waals surface area (Å²) in [7, 11) is 0. The van der Waals surface area contributed by atoms with Gasteiger partial charge in [-0.05, 0) is 37.8 Å². The second-order valence-electron chi connectivity index (χ2n) is 4.46. The third kappa shape index (κ3) is 2.59. The topological polar surface area (TPSA) is 66.0 Å². The van der Waals surface area contributed by atoms with Crippen molar-refractivity contribution in [3.05, 3.63) is 52.6 Å². The Balaban J connectivity index is 2.14. The third-order valence-corrected chi connectivity index (χ3v) is 3.07. The van der Waals surface area contributed by atoms with Crippen LogP contribution in [0.1, 0.15) is 32.9 Å². The number of carboxylic acid groups (broad SMARTS) is 1. The maximum absolute atomic E-state index is 10.9. The molecule has 0 saturated carbocycles. The number of hydrogen-bond donors (Lipinski definition) is 2. The molecule has 4 nitrogen and oxygen atoms in total. The summed E-state index contributed by atoms with van der Waals surface area (Å²) < 4.78 is 0. The predicted octanol–water partition coefficient (Wildman–Crippen LogP) is 2.51. The second kappa shape index (κ2) is 5.04. The summed E-state index contributed by atoms with van der Waals surface area (Å²) in [5.74, 6) is -0.979. The van der Waals surface area contributed by atoms with Gasteiger partial charge < -0.3 is 10.1 Å². The summed E-state index contributed by atoms with van der Waals surface area (Å²) in [6.07, 6.45) is 2.91. The van der Waals surface area contributed by atoms with Gasteiger partial charge in [0.25, 0.3) is 0 Å². The Kier molecular flexibility index (Phi) is 3.46. The number of aromatic carboxylic acids is 1. The van der Waals surface area contributed by atoms with E-state index in [1.54, 1.807) is 0 Å². The molecule has 94 valence electrons. The van der Waals surface area contributed by atoms with Crippen LogP contribution in [0, 0.1) is 13.8 Å². The Morgan fingerprint density at radius 2 is 2.11 bits per heavy atom. The smallest absolute Gasteiger partial charge is 0.356 e. The van der Waals surface area contributed by atoms with Gasteiger partial charge in [0.1, 0.15) is 0 Å². The summed E-state index contributed by atoms with van der Waals surface area (Å²) in [5.41, 5.74) is 4.51. The Bertz CT molecular complexity index is 573. The van der Waals surface area contributed by atoms with Crippen LogP contribution in [-0.4, -0.2) is 21.0 Å². The van der Waals surface area contributed by atoms with E-state index in [4.69, 9.17) is 5.11 Å². The van der Waals surface area contributed by atoms with Gasteiger partial charge in [0.05, 0.1) is 6.33 Å². The predicted molar refractivity (Wildman–Crippen MR) is 68.9 cm³/mol. The van der Waals surface area contributed by atoms with Crippen molar-refractivity contribution >= 4 is 5.97 Å². The molecule has 2 rings (SSSR count). The van der Waals surface area contributed by atoms with Crippen LogP contribution in [0.5, 0.6) is 0 Å². The van der Waals surface area contributed by atoms with Gasteiger partial charge in [-0.15, -0.1) is 0 Å². The normalized spacial score (nSPS) is 10.6. The van der Waals surface area contributed by atoms with Crippen LogP contribution in [-0.2, 0) is 12.8 Å². The molecular formula is C14H16N2O2. The Morgan fingerprint density at radius 1 is 1.33 bits per heavy atom. The molecule has 4 heteroatoms. The summed E-state index contributed by atoms with van der Waals surface area (Å²) in [6, 6.07) is 6.32. The first kappa shape index (κ1) is 12.4. The lowest BCUT2D eigenvalue weighted by atomic mass is 10.00. The molecule has 1 aromatic carbocycles. The minimum atomic E-state index is -0.979. The maximum Gasteiger partial charge on any atom is 0.356 e. The Labute approximate surface area is 106 Å². The highest BCUT2D eigenvalue weighted by atomic mass is 16.4. The summed E-state index contributed by atoms with van der Waals surface area (Å²) >= 11 is 0. The van der Waals surface area contributed by atoms with Crippen LogP contribution in [0.2, 0.25) is 0 Å². The zero-order chi connectivity index (χ0) is 13.1. The van der Waals surface area contributed by atoms with E-state index in [0.717, 1.165) is 6.42 Å². The van der Waals surface area contributed by atoms with E-state index in [1.807, 2.05) is 0 Å². The molecule has 0 aliphatic heterocycles. The molecule has 0 aliphatic rings. The Morgan fingerprint density at radius 3 is 2.83 bits per heavy atom. The number of rotatable bonds is 4. The number of benzene rings is 1. The van der Waals surface area contributed by atoms with Gasteiger partial charge in [0.15, 0.2) is 5.69 Å². The van der Waals surface area contributed by atoms with E-state index in [2.05, 4.69) is 42.0 Å². The van der Waals surface area contributed by atoms with Crippen molar-refractivity contribution in [3.8, 4) is 0 Å². The zero-order valence-electron chi connectivity index (χ0n) is 10.5. The first-order chi connectivity index (χ1) is 8.58. The standard InChI is InChI=1S/C14H16N2O2/c1-9-3-4-10(2)11(7-9)5-6-12-13(14(17)18)16-8-15-12/h3-4,7-8H,5-6H2,1-2H3,(H,15,16)(H,17,18). The first-order valence-corrected chi connectivity index (χ1v) is 5.89. The number of imidazole rings is 1. The van der Waals surface area contributed by atoms with E-state index >= 15 is 0 Å². The van der Waals surface area contributed by atoms with Gasteiger partial charge in [-0.3, -0.25) is 0 Å². The fourth-order valence-corrected chi connectivity index (χ4v) is 2.03. The summed E-state index contributed by atoms with van der Waals surface area (Å²) in [4.78, 5) is 17.6. The van der Waals surface area contributed by atoms with Gasteiger partial charge in [0, 0.05) is 5.69 Å². The fourth-order valence-electron chi connectivity index (χ4n) is 2.03. The number of nitrogens with zero attached hydrogens (tertiary/aromatic N) is 1. The van der Waals surface area contributed by atoms with Crippen LogP contribution in [0.3, 0.4) is 0 Å². The van der Waals surface area contributed by atoms with Gasteiger partial charge in [-0.1, -0.05) is 23.8 Å². The van der Waals surface area contributed by atoms with Crippen LogP contribution in [0.15, 0.2) is 24.5 Å². The van der Waals surface area contributed by atoms with Crippen molar-refractivity contribution in [2.45, 2.75) is 26.7 Å².